The van der Waals surface area contributed by atoms with Gasteiger partial charge in [0.1, 0.15) is 0 Å². The standard InChI is InChI=1S/C13H14BrNO/c14-13-8-6-11(7-9-13)15(13)12(16)10-4-2-1-3-5-10/h1-5,11H,6-9H2. The Morgan fingerprint density at radius 3 is 2.38 bits per heavy atom. The monoisotopic (exact) mass is 279 g/mol. The number of carbonyl (C=O) groups excluding carboxylic acids is 1. The SMILES string of the molecule is O=C(c1ccccc1)N1C2CCC1(Br)CC2. The molecule has 1 aromatic rings. The van der Waals surface area contributed by atoms with E-state index in [0.29, 0.717) is 6.04 Å². The van der Waals surface area contributed by atoms with Crippen molar-refractivity contribution in [2.75, 3.05) is 0 Å². The normalized spacial score (nSPS) is 32.1. The summed E-state index contributed by atoms with van der Waals surface area (Å²) in [6.07, 6.45) is 4.47. The highest BCUT2D eigenvalue weighted by atomic mass is 79.9. The molecule has 0 unspecified atom stereocenters. The lowest BCUT2D eigenvalue weighted by atomic mass is 10.0. The molecule has 2 saturated heterocycles. The molecule has 0 aliphatic carbocycles. The van der Waals surface area contributed by atoms with E-state index in [0.717, 1.165) is 31.2 Å². The summed E-state index contributed by atoms with van der Waals surface area (Å²) >= 11 is 3.76. The van der Waals surface area contributed by atoms with Gasteiger partial charge in [-0.15, -0.1) is 0 Å². The van der Waals surface area contributed by atoms with Crippen LogP contribution in [0.15, 0.2) is 30.3 Å². The smallest absolute Gasteiger partial charge is 0.255 e. The van der Waals surface area contributed by atoms with Crippen molar-refractivity contribution < 1.29 is 4.79 Å². The molecule has 0 spiro atoms. The van der Waals surface area contributed by atoms with E-state index in [4.69, 9.17) is 0 Å². The van der Waals surface area contributed by atoms with Crippen LogP contribution in [0.25, 0.3) is 0 Å². The Morgan fingerprint density at radius 1 is 1.25 bits per heavy atom. The number of hydrogen-bond donors (Lipinski definition) is 0. The third-order valence-corrected chi connectivity index (χ3v) is 4.93. The zero-order valence-corrected chi connectivity index (χ0v) is 10.6. The lowest BCUT2D eigenvalue weighted by Crippen LogP contribution is -2.40. The lowest BCUT2D eigenvalue weighted by molar-refractivity contribution is 0.0713. The van der Waals surface area contributed by atoms with Gasteiger partial charge in [-0.25, -0.2) is 0 Å². The Bertz CT molecular complexity index is 409. The van der Waals surface area contributed by atoms with E-state index in [1.165, 1.54) is 0 Å². The molecule has 2 bridgehead atoms. The predicted molar refractivity (Wildman–Crippen MR) is 66.5 cm³/mol. The molecule has 1 amide bonds. The number of alkyl halides is 1. The summed E-state index contributed by atoms with van der Waals surface area (Å²) in [4.78, 5) is 14.5. The molecule has 16 heavy (non-hydrogen) atoms. The number of fused-ring (bicyclic) bond motifs is 2. The molecule has 0 radical (unpaired) electrons. The van der Waals surface area contributed by atoms with Crippen LogP contribution in [0.4, 0.5) is 0 Å². The maximum absolute atomic E-state index is 12.4. The number of nitrogens with zero attached hydrogens (tertiary/aromatic N) is 1. The molecule has 3 heteroatoms. The average molecular weight is 280 g/mol. The van der Waals surface area contributed by atoms with Crippen molar-refractivity contribution in [3.63, 3.8) is 0 Å². The van der Waals surface area contributed by atoms with E-state index in [2.05, 4.69) is 20.8 Å². The summed E-state index contributed by atoms with van der Waals surface area (Å²) in [6, 6.07) is 10.0. The number of amides is 1. The van der Waals surface area contributed by atoms with Crippen LogP contribution < -0.4 is 0 Å². The molecule has 0 saturated carbocycles. The minimum atomic E-state index is -0.0510. The van der Waals surface area contributed by atoms with Crippen molar-refractivity contribution >= 4 is 21.8 Å². The zero-order valence-electron chi connectivity index (χ0n) is 9.03. The van der Waals surface area contributed by atoms with Crippen LogP contribution in [0.2, 0.25) is 0 Å². The van der Waals surface area contributed by atoms with Crippen LogP contribution in [0.5, 0.6) is 0 Å². The Hall–Kier alpha value is -0.830. The van der Waals surface area contributed by atoms with Crippen molar-refractivity contribution in [3.05, 3.63) is 35.9 Å². The van der Waals surface area contributed by atoms with Crippen LogP contribution in [-0.2, 0) is 0 Å². The van der Waals surface area contributed by atoms with Gasteiger partial charge in [0.15, 0.2) is 0 Å². The third-order valence-electron chi connectivity index (χ3n) is 3.76. The van der Waals surface area contributed by atoms with Crippen molar-refractivity contribution in [1.29, 1.82) is 0 Å². The maximum Gasteiger partial charge on any atom is 0.255 e. The molecule has 1 aromatic carbocycles. The molecule has 0 atom stereocenters. The second kappa shape index (κ2) is 3.59. The molecule has 0 aromatic heterocycles. The highest BCUT2D eigenvalue weighted by Crippen LogP contribution is 2.50. The highest BCUT2D eigenvalue weighted by molar-refractivity contribution is 9.10. The first-order valence-electron chi connectivity index (χ1n) is 5.78. The van der Waals surface area contributed by atoms with Gasteiger partial charge in [0.05, 0.1) is 4.45 Å². The Kier molecular flexibility index (Phi) is 2.32. The maximum atomic E-state index is 12.4. The Labute approximate surface area is 104 Å². The first kappa shape index (κ1) is 10.3. The summed E-state index contributed by atoms with van der Waals surface area (Å²) in [5.74, 6) is 0.178. The average Bonchev–Trinajstić information content (AvgIpc) is 2.81. The molecular weight excluding hydrogens is 266 g/mol. The predicted octanol–water partition coefficient (Wildman–Crippen LogP) is 3.18. The lowest BCUT2D eigenvalue weighted by Gasteiger charge is -2.29. The highest BCUT2D eigenvalue weighted by Gasteiger charge is 2.52. The number of halogens is 1. The van der Waals surface area contributed by atoms with E-state index < -0.39 is 0 Å². The van der Waals surface area contributed by atoms with E-state index in [1.807, 2.05) is 30.3 Å². The summed E-state index contributed by atoms with van der Waals surface area (Å²) < 4.78 is -0.0510. The van der Waals surface area contributed by atoms with Crippen LogP contribution in [0, 0.1) is 0 Å². The van der Waals surface area contributed by atoms with Crippen molar-refractivity contribution in [2.45, 2.75) is 36.2 Å². The van der Waals surface area contributed by atoms with Gasteiger partial charge in [0, 0.05) is 11.6 Å². The van der Waals surface area contributed by atoms with Crippen molar-refractivity contribution in [2.24, 2.45) is 0 Å². The van der Waals surface area contributed by atoms with Gasteiger partial charge < -0.3 is 4.90 Å². The molecule has 2 aliphatic rings. The van der Waals surface area contributed by atoms with Crippen LogP contribution in [-0.4, -0.2) is 21.3 Å². The Morgan fingerprint density at radius 2 is 1.88 bits per heavy atom. The van der Waals surface area contributed by atoms with Crippen LogP contribution in [0.1, 0.15) is 36.0 Å². The van der Waals surface area contributed by atoms with E-state index in [9.17, 15) is 4.79 Å². The van der Waals surface area contributed by atoms with Gasteiger partial charge in [-0.05, 0) is 37.8 Å². The fourth-order valence-electron chi connectivity index (χ4n) is 2.94. The zero-order chi connectivity index (χ0) is 11.2. The van der Waals surface area contributed by atoms with Crippen LogP contribution >= 0.6 is 15.9 Å². The quantitative estimate of drug-likeness (QED) is 0.571. The first-order valence-corrected chi connectivity index (χ1v) is 6.58. The molecule has 2 nitrogen and oxygen atoms in total. The summed E-state index contributed by atoms with van der Waals surface area (Å²) in [5.41, 5.74) is 0.806. The van der Waals surface area contributed by atoms with Gasteiger partial charge in [0.25, 0.3) is 5.91 Å². The number of carbonyl (C=O) groups is 1. The second-order valence-corrected chi connectivity index (χ2v) is 6.17. The molecule has 84 valence electrons. The third kappa shape index (κ3) is 1.41. The van der Waals surface area contributed by atoms with E-state index in [1.54, 1.807) is 0 Å². The molecule has 2 heterocycles. The second-order valence-electron chi connectivity index (χ2n) is 4.69. The van der Waals surface area contributed by atoms with Gasteiger partial charge in [0.2, 0.25) is 0 Å². The first-order chi connectivity index (χ1) is 7.71. The number of benzene rings is 1. The number of rotatable bonds is 1. The molecular formula is C13H14BrNO. The fraction of sp³-hybridized carbons (Fsp3) is 0.462. The molecule has 2 fully saturated rings. The topological polar surface area (TPSA) is 20.3 Å². The minimum Gasteiger partial charge on any atom is -0.320 e. The summed E-state index contributed by atoms with van der Waals surface area (Å²) in [6.45, 7) is 0. The number of hydrogen-bond acceptors (Lipinski definition) is 1. The largest absolute Gasteiger partial charge is 0.320 e. The Balaban J connectivity index is 1.92. The van der Waals surface area contributed by atoms with Crippen molar-refractivity contribution in [3.8, 4) is 0 Å². The van der Waals surface area contributed by atoms with Crippen LogP contribution in [0.3, 0.4) is 0 Å². The summed E-state index contributed by atoms with van der Waals surface area (Å²) in [7, 11) is 0. The minimum absolute atomic E-state index is 0.0510. The van der Waals surface area contributed by atoms with E-state index in [-0.39, 0.29) is 10.4 Å². The van der Waals surface area contributed by atoms with Gasteiger partial charge >= 0.3 is 0 Å². The summed E-state index contributed by atoms with van der Waals surface area (Å²) in [5, 5.41) is 0. The fourth-order valence-corrected chi connectivity index (χ4v) is 3.85. The van der Waals surface area contributed by atoms with Gasteiger partial charge in [-0.2, -0.15) is 0 Å². The van der Waals surface area contributed by atoms with Gasteiger partial charge in [-0.3, -0.25) is 4.79 Å². The van der Waals surface area contributed by atoms with Gasteiger partial charge in [-0.1, -0.05) is 34.1 Å². The van der Waals surface area contributed by atoms with E-state index >= 15 is 0 Å². The molecule has 3 rings (SSSR count). The molecule has 0 N–H and O–H groups in total. The van der Waals surface area contributed by atoms with Crippen molar-refractivity contribution in [1.82, 2.24) is 4.90 Å². The molecule has 2 aliphatic heterocycles.